The second kappa shape index (κ2) is 9.74. The fourth-order valence-electron chi connectivity index (χ4n) is 3.54. The van der Waals surface area contributed by atoms with Gasteiger partial charge in [0, 0.05) is 26.9 Å². The molecule has 0 amide bonds. The van der Waals surface area contributed by atoms with E-state index in [9.17, 15) is 0 Å². The van der Waals surface area contributed by atoms with E-state index in [4.69, 9.17) is 20.7 Å². The zero-order chi connectivity index (χ0) is 22.7. The zero-order valence-electron chi connectivity index (χ0n) is 17.9. The molecule has 5 N–H and O–H groups in total. The van der Waals surface area contributed by atoms with Crippen LogP contribution in [0.5, 0.6) is 0 Å². The number of aliphatic hydroxyl groups is 2. The number of hydrogen-bond acceptors (Lipinski definition) is 9. The lowest BCUT2D eigenvalue weighted by Gasteiger charge is -2.14. The van der Waals surface area contributed by atoms with Crippen LogP contribution >= 0.6 is 23.3 Å². The van der Waals surface area contributed by atoms with E-state index in [2.05, 4.69) is 44.5 Å². The largest absolute Gasteiger partial charge is 0.382 e. The first kappa shape index (κ1) is 23.0. The summed E-state index contributed by atoms with van der Waals surface area (Å²) < 4.78 is 12.9. The first-order chi connectivity index (χ1) is 15.3. The normalized spacial score (nSPS) is 18.8. The molecule has 2 atom stereocenters. The molecule has 1 aliphatic rings. The van der Waals surface area contributed by atoms with Gasteiger partial charge in [0.1, 0.15) is 17.9 Å². The maximum absolute atomic E-state index is 8.08. The molecule has 1 aromatic carbocycles. The average molecular weight is 474 g/mol. The molecular formula is C22H27N5O3S2. The SMILES string of the molecule is CC(C)(O)O.Nc1ncnn2c([C@H]3CCC(CNSc4csc5ccccc45)O3)ccc12. The van der Waals surface area contributed by atoms with E-state index in [1.165, 1.54) is 35.2 Å². The smallest absolute Gasteiger partial charge is 0.156 e. The van der Waals surface area contributed by atoms with Crippen LogP contribution in [0.4, 0.5) is 5.82 Å². The highest BCUT2D eigenvalue weighted by Gasteiger charge is 2.28. The topological polar surface area (TPSA) is 118 Å². The van der Waals surface area contributed by atoms with Crippen molar-refractivity contribution in [1.82, 2.24) is 19.3 Å². The van der Waals surface area contributed by atoms with Gasteiger partial charge in [-0.1, -0.05) is 18.2 Å². The number of nitrogens with two attached hydrogens (primary N) is 1. The second-order valence-corrected chi connectivity index (χ2v) is 9.91. The Morgan fingerprint density at radius 3 is 2.84 bits per heavy atom. The van der Waals surface area contributed by atoms with Crippen LogP contribution in [-0.2, 0) is 4.74 Å². The third-order valence-corrected chi connectivity index (χ3v) is 6.87. The lowest BCUT2D eigenvalue weighted by atomic mass is 10.1. The minimum atomic E-state index is -1.50. The number of benzene rings is 1. The molecule has 0 radical (unpaired) electrons. The maximum atomic E-state index is 8.08. The van der Waals surface area contributed by atoms with Crippen LogP contribution in [0.1, 0.15) is 38.5 Å². The van der Waals surface area contributed by atoms with Crippen LogP contribution < -0.4 is 10.5 Å². The summed E-state index contributed by atoms with van der Waals surface area (Å²) in [4.78, 5) is 5.31. The monoisotopic (exact) mass is 473 g/mol. The summed E-state index contributed by atoms with van der Waals surface area (Å²) in [5, 5.41) is 24.0. The van der Waals surface area contributed by atoms with Crippen LogP contribution in [0.25, 0.3) is 15.6 Å². The van der Waals surface area contributed by atoms with Crippen molar-refractivity contribution in [3.05, 3.63) is 53.8 Å². The number of hydrogen-bond donors (Lipinski definition) is 4. The summed E-state index contributed by atoms with van der Waals surface area (Å²) in [7, 11) is 0. The predicted molar refractivity (Wildman–Crippen MR) is 128 cm³/mol. The first-order valence-electron chi connectivity index (χ1n) is 10.3. The van der Waals surface area contributed by atoms with Crippen molar-refractivity contribution < 1.29 is 14.9 Å². The number of ether oxygens (including phenoxy) is 1. The predicted octanol–water partition coefficient (Wildman–Crippen LogP) is 3.75. The minimum absolute atomic E-state index is 0.0422. The van der Waals surface area contributed by atoms with Crippen LogP contribution in [0, 0.1) is 0 Å². The van der Waals surface area contributed by atoms with Gasteiger partial charge in [-0.2, -0.15) is 5.10 Å². The highest BCUT2D eigenvalue weighted by Crippen LogP contribution is 2.35. The molecule has 32 heavy (non-hydrogen) atoms. The van der Waals surface area contributed by atoms with E-state index < -0.39 is 5.79 Å². The summed E-state index contributed by atoms with van der Waals surface area (Å²) in [6.45, 7) is 3.41. The molecule has 1 aliphatic heterocycles. The van der Waals surface area contributed by atoms with Crippen molar-refractivity contribution in [3.63, 3.8) is 0 Å². The Kier molecular flexibility index (Phi) is 6.99. The van der Waals surface area contributed by atoms with E-state index in [-0.39, 0.29) is 12.2 Å². The molecule has 0 aliphatic carbocycles. The van der Waals surface area contributed by atoms with E-state index in [0.29, 0.717) is 5.82 Å². The quantitative estimate of drug-likeness (QED) is 0.256. The molecule has 0 spiro atoms. The highest BCUT2D eigenvalue weighted by molar-refractivity contribution is 7.97. The number of aromatic nitrogens is 3. The van der Waals surface area contributed by atoms with Gasteiger partial charge in [0.25, 0.3) is 0 Å². The van der Waals surface area contributed by atoms with E-state index in [0.717, 1.165) is 30.6 Å². The number of thiophene rings is 1. The van der Waals surface area contributed by atoms with Crippen molar-refractivity contribution in [3.8, 4) is 0 Å². The van der Waals surface area contributed by atoms with E-state index >= 15 is 0 Å². The van der Waals surface area contributed by atoms with Gasteiger partial charge >= 0.3 is 0 Å². The molecule has 1 unspecified atom stereocenters. The number of nitrogens with zero attached hydrogens (tertiary/aromatic N) is 3. The van der Waals surface area contributed by atoms with Crippen LogP contribution in [0.3, 0.4) is 0 Å². The summed E-state index contributed by atoms with van der Waals surface area (Å²) >= 11 is 3.47. The van der Waals surface area contributed by atoms with Gasteiger partial charge in [0.05, 0.1) is 11.8 Å². The van der Waals surface area contributed by atoms with Gasteiger partial charge in [-0.25, -0.2) is 9.50 Å². The van der Waals surface area contributed by atoms with Gasteiger partial charge in [-0.3, -0.25) is 4.72 Å². The molecule has 3 aromatic heterocycles. The molecule has 5 rings (SSSR count). The molecule has 170 valence electrons. The average Bonchev–Trinajstić information content (AvgIpc) is 3.45. The van der Waals surface area contributed by atoms with Crippen molar-refractivity contribution in [2.45, 2.75) is 49.6 Å². The van der Waals surface area contributed by atoms with Crippen molar-refractivity contribution in [1.29, 1.82) is 0 Å². The summed E-state index contributed by atoms with van der Waals surface area (Å²) in [5.41, 5.74) is 7.79. The number of fused-ring (bicyclic) bond motifs is 2. The Hall–Kier alpha value is -2.21. The molecular weight excluding hydrogens is 446 g/mol. The number of rotatable bonds is 5. The zero-order valence-corrected chi connectivity index (χ0v) is 19.6. The Morgan fingerprint density at radius 1 is 1.25 bits per heavy atom. The fraction of sp³-hybridized carbons (Fsp3) is 0.364. The lowest BCUT2D eigenvalue weighted by Crippen LogP contribution is -2.21. The molecule has 1 saturated heterocycles. The Labute approximate surface area is 194 Å². The van der Waals surface area contributed by atoms with Crippen molar-refractivity contribution >= 4 is 44.7 Å². The minimum Gasteiger partial charge on any atom is -0.382 e. The van der Waals surface area contributed by atoms with E-state index in [1.807, 2.05) is 16.6 Å². The van der Waals surface area contributed by atoms with Gasteiger partial charge < -0.3 is 20.7 Å². The molecule has 0 saturated carbocycles. The van der Waals surface area contributed by atoms with Crippen LogP contribution in [-0.4, -0.2) is 43.2 Å². The molecule has 4 heterocycles. The molecule has 4 aromatic rings. The third kappa shape index (κ3) is 5.58. The van der Waals surface area contributed by atoms with Crippen molar-refractivity contribution in [2.24, 2.45) is 0 Å². The fourth-order valence-corrected chi connectivity index (χ4v) is 5.47. The Morgan fingerprint density at radius 2 is 2.03 bits per heavy atom. The summed E-state index contributed by atoms with van der Waals surface area (Å²) in [6.07, 6.45) is 3.73. The molecule has 10 heteroatoms. The van der Waals surface area contributed by atoms with Gasteiger partial charge in [-0.05, 0) is 56.8 Å². The summed E-state index contributed by atoms with van der Waals surface area (Å²) in [6, 6.07) is 12.5. The summed E-state index contributed by atoms with van der Waals surface area (Å²) in [5.74, 6) is -1.01. The van der Waals surface area contributed by atoms with Crippen LogP contribution in [0.15, 0.2) is 53.0 Å². The first-order valence-corrected chi connectivity index (χ1v) is 12.0. The standard InChI is InChI=1S/C19H19N5OS2.C3H8O2/c20-19-15-7-6-14(24(15)22-11-21-19)16-8-5-12(25-16)9-23-27-18-10-26-17-4-2-1-3-13(17)18;1-3(2,4)5/h1-4,6-7,10-12,16,23H,5,8-9H2,(H2,20,21,22);4-5H,1-2H3/t12?,16-;/m1./s1. The van der Waals surface area contributed by atoms with Gasteiger partial charge in [-0.15, -0.1) is 11.3 Å². The Balaban J connectivity index is 0.000000444. The molecule has 1 fully saturated rings. The lowest BCUT2D eigenvalue weighted by molar-refractivity contribution is -0.127. The van der Waals surface area contributed by atoms with Gasteiger partial charge in [0.2, 0.25) is 0 Å². The van der Waals surface area contributed by atoms with E-state index in [1.54, 1.807) is 23.3 Å². The second-order valence-electron chi connectivity index (χ2n) is 8.07. The molecule has 0 bridgehead atoms. The third-order valence-electron chi connectivity index (χ3n) is 4.89. The number of anilines is 1. The van der Waals surface area contributed by atoms with Crippen molar-refractivity contribution in [2.75, 3.05) is 12.3 Å². The molecule has 8 nitrogen and oxygen atoms in total. The number of nitrogen functional groups attached to an aromatic ring is 1. The van der Waals surface area contributed by atoms with Crippen LogP contribution in [0.2, 0.25) is 0 Å². The number of nitrogens with one attached hydrogen (secondary N) is 1. The van der Waals surface area contributed by atoms with Gasteiger partial charge in [0.15, 0.2) is 11.6 Å². The maximum Gasteiger partial charge on any atom is 0.156 e. The highest BCUT2D eigenvalue weighted by atomic mass is 32.2. The Bertz CT molecular complexity index is 1180.